The third kappa shape index (κ3) is 6.12. The zero-order chi connectivity index (χ0) is 37.2. The number of H-pyrrole nitrogens is 1. The lowest BCUT2D eigenvalue weighted by molar-refractivity contribution is 1.14. The summed E-state index contributed by atoms with van der Waals surface area (Å²) in [7, 11) is -5.61. The molecular weight excluding hydrogens is 713 g/mol. The highest BCUT2D eigenvalue weighted by atomic mass is 31.2. The monoisotopic (exact) mass is 749 g/mol. The van der Waals surface area contributed by atoms with Gasteiger partial charge in [0.05, 0.1) is 25.1 Å². The second-order valence-electron chi connectivity index (χ2n) is 13.4. The van der Waals surface area contributed by atoms with Crippen molar-refractivity contribution >= 4 is 79.6 Å². The first kappa shape index (κ1) is 34.5. The van der Waals surface area contributed by atoms with Crippen molar-refractivity contribution in [3.63, 3.8) is 0 Å². The fourth-order valence-electron chi connectivity index (χ4n) is 7.58. The van der Waals surface area contributed by atoms with Crippen molar-refractivity contribution < 1.29 is 0 Å². The molecule has 0 saturated heterocycles. The zero-order valence-electron chi connectivity index (χ0n) is 30.4. The summed E-state index contributed by atoms with van der Waals surface area (Å²) >= 11 is 0. The minimum Gasteiger partial charge on any atom is -0.353 e. The molecule has 0 unspecified atom stereocenters. The normalized spacial score (nSPS) is 11.8. The molecule has 7 nitrogen and oxygen atoms in total. The molecule has 0 aliphatic heterocycles. The largest absolute Gasteiger partial charge is 0.353 e. The third-order valence-corrected chi connectivity index (χ3v) is 17.1. The van der Waals surface area contributed by atoms with Crippen LogP contribution >= 0.6 is 14.1 Å². The smallest absolute Gasteiger partial charge is 0.248 e. The molecule has 3 aromatic heterocycles. The summed E-state index contributed by atoms with van der Waals surface area (Å²) < 4.78 is 11.3. The Morgan fingerprint density at radius 2 is 0.709 bits per heavy atom. The Morgan fingerprint density at radius 1 is 0.400 bits per heavy atom. The van der Waals surface area contributed by atoms with Crippen LogP contribution in [0, 0.1) is 13.8 Å². The molecule has 0 aliphatic carbocycles. The van der Waals surface area contributed by atoms with Gasteiger partial charge in [0.1, 0.15) is 0 Å². The molecular formula is C46H37N7P2. The molecule has 0 radical (unpaired) electrons. The van der Waals surface area contributed by atoms with E-state index in [9.17, 15) is 0 Å². The highest BCUT2D eigenvalue weighted by Gasteiger charge is 2.34. The standard InChI is InChI=1S/C46H37N7P2/c1-33-29-39-40-30-34(2)32-42(55(37-21-11-5-12-22-37,38-23-13-6-14-24-38)53-46-49-27-16-28-50-46)44(40)51-43(39)41(31-33)54(35-17-7-3-8-18-35,36-19-9-4-10-20-36)52-45-47-25-15-26-48-45/h3-32,51H,1-2H3. The van der Waals surface area contributed by atoms with Crippen molar-refractivity contribution in [2.45, 2.75) is 13.8 Å². The first-order valence-corrected chi connectivity index (χ1v) is 21.6. The van der Waals surface area contributed by atoms with E-state index in [4.69, 9.17) is 9.49 Å². The summed E-state index contributed by atoms with van der Waals surface area (Å²) in [6.45, 7) is 4.35. The van der Waals surface area contributed by atoms with E-state index in [1.165, 1.54) is 0 Å². The maximum Gasteiger partial charge on any atom is 0.248 e. The average Bonchev–Trinajstić information content (AvgIpc) is 3.61. The predicted octanol–water partition coefficient (Wildman–Crippen LogP) is 9.14. The van der Waals surface area contributed by atoms with Gasteiger partial charge in [0.25, 0.3) is 0 Å². The Balaban J connectivity index is 1.48. The molecule has 0 fully saturated rings. The van der Waals surface area contributed by atoms with E-state index < -0.39 is 14.1 Å². The van der Waals surface area contributed by atoms with Gasteiger partial charge >= 0.3 is 0 Å². The van der Waals surface area contributed by atoms with Gasteiger partial charge in [0.2, 0.25) is 11.9 Å². The summed E-state index contributed by atoms with van der Waals surface area (Å²) in [5.41, 5.74) is 4.34. The summed E-state index contributed by atoms with van der Waals surface area (Å²) in [5.74, 6) is 0.899. The Morgan fingerprint density at radius 3 is 1.02 bits per heavy atom. The van der Waals surface area contributed by atoms with Crippen molar-refractivity contribution in [2.75, 3.05) is 0 Å². The molecule has 6 aromatic carbocycles. The molecule has 9 rings (SSSR count). The molecule has 266 valence electrons. The first-order chi connectivity index (χ1) is 27.1. The molecule has 3 heterocycles. The van der Waals surface area contributed by atoms with E-state index in [1.807, 2.05) is 12.1 Å². The highest BCUT2D eigenvalue weighted by Crippen LogP contribution is 2.53. The lowest BCUT2D eigenvalue weighted by atomic mass is 10.1. The van der Waals surface area contributed by atoms with Crippen LogP contribution in [-0.4, -0.2) is 24.9 Å². The molecule has 0 saturated carbocycles. The van der Waals surface area contributed by atoms with Gasteiger partial charge in [-0.15, -0.1) is 0 Å². The minimum atomic E-state index is -2.81. The number of hydrogen-bond donors (Lipinski definition) is 1. The second-order valence-corrected chi connectivity index (χ2v) is 19.4. The Bertz CT molecular complexity index is 2600. The summed E-state index contributed by atoms with van der Waals surface area (Å²) in [6.07, 6.45) is 7.04. The number of aromatic nitrogens is 5. The zero-order valence-corrected chi connectivity index (χ0v) is 32.2. The van der Waals surface area contributed by atoms with E-state index in [0.29, 0.717) is 11.9 Å². The fourth-order valence-corrected chi connectivity index (χ4v) is 14.9. The molecule has 1 N–H and O–H groups in total. The van der Waals surface area contributed by atoms with Gasteiger partial charge in [-0.05, 0) is 61.4 Å². The maximum atomic E-state index is 5.64. The van der Waals surface area contributed by atoms with Gasteiger partial charge in [-0.3, -0.25) is 0 Å². The van der Waals surface area contributed by atoms with Crippen molar-refractivity contribution in [3.8, 4) is 0 Å². The number of nitrogens with zero attached hydrogens (tertiary/aromatic N) is 6. The van der Waals surface area contributed by atoms with Crippen molar-refractivity contribution in [2.24, 2.45) is 9.49 Å². The van der Waals surface area contributed by atoms with Crippen molar-refractivity contribution in [3.05, 3.63) is 194 Å². The number of hydrogen-bond acceptors (Lipinski definition) is 6. The molecule has 0 amide bonds. The Labute approximate surface area is 320 Å². The van der Waals surface area contributed by atoms with Gasteiger partial charge < -0.3 is 4.98 Å². The minimum absolute atomic E-state index is 0.450. The van der Waals surface area contributed by atoms with Gasteiger partial charge in [-0.1, -0.05) is 121 Å². The predicted molar refractivity (Wildman–Crippen MR) is 231 cm³/mol. The molecule has 9 aromatic rings. The van der Waals surface area contributed by atoms with Crippen LogP contribution in [0.25, 0.3) is 21.8 Å². The van der Waals surface area contributed by atoms with E-state index in [2.05, 4.69) is 184 Å². The molecule has 0 spiro atoms. The van der Waals surface area contributed by atoms with E-state index in [-0.39, 0.29) is 0 Å². The molecule has 0 atom stereocenters. The molecule has 0 aliphatic rings. The lowest BCUT2D eigenvalue weighted by Crippen LogP contribution is -2.27. The van der Waals surface area contributed by atoms with Gasteiger partial charge in [-0.25, -0.2) is 29.4 Å². The average molecular weight is 750 g/mol. The number of benzene rings is 6. The van der Waals surface area contributed by atoms with Gasteiger partial charge in [0, 0.05) is 67.4 Å². The van der Waals surface area contributed by atoms with Gasteiger partial charge in [-0.2, -0.15) is 0 Å². The SMILES string of the molecule is Cc1cc(P(=Nc2ncccn2)(c2ccccc2)c2ccccc2)c2[nH]c3c(P(=Nc4ncccn4)(c4ccccc4)c4ccccc4)cc(C)cc3c2c1. The molecule has 9 heteroatoms. The first-order valence-electron chi connectivity index (χ1n) is 18.2. The molecule has 55 heavy (non-hydrogen) atoms. The summed E-state index contributed by atoms with van der Waals surface area (Å²) in [4.78, 5) is 22.8. The van der Waals surface area contributed by atoms with Crippen LogP contribution < -0.4 is 31.8 Å². The van der Waals surface area contributed by atoms with Crippen LogP contribution in [-0.2, 0) is 0 Å². The topological polar surface area (TPSA) is 92.1 Å². The molecule has 0 bridgehead atoms. The quantitative estimate of drug-likeness (QED) is 0.157. The second kappa shape index (κ2) is 14.5. The van der Waals surface area contributed by atoms with Crippen LogP contribution in [0.5, 0.6) is 0 Å². The Kier molecular flexibility index (Phi) is 9.11. The summed E-state index contributed by atoms with van der Waals surface area (Å²) in [5, 5.41) is 8.93. The van der Waals surface area contributed by atoms with E-state index >= 15 is 0 Å². The number of fused-ring (bicyclic) bond motifs is 3. The van der Waals surface area contributed by atoms with E-state index in [1.54, 1.807) is 24.8 Å². The van der Waals surface area contributed by atoms with Gasteiger partial charge in [0.15, 0.2) is 0 Å². The fraction of sp³-hybridized carbons (Fsp3) is 0.0435. The van der Waals surface area contributed by atoms with E-state index in [0.717, 1.165) is 64.8 Å². The maximum absolute atomic E-state index is 5.64. The van der Waals surface area contributed by atoms with Crippen LogP contribution in [0.2, 0.25) is 0 Å². The number of aromatic amines is 1. The van der Waals surface area contributed by atoms with Crippen molar-refractivity contribution in [1.29, 1.82) is 0 Å². The summed E-state index contributed by atoms with van der Waals surface area (Å²) in [6, 6.07) is 55.4. The van der Waals surface area contributed by atoms with Crippen LogP contribution in [0.1, 0.15) is 11.1 Å². The third-order valence-electron chi connectivity index (χ3n) is 9.86. The van der Waals surface area contributed by atoms with Crippen LogP contribution in [0.3, 0.4) is 0 Å². The number of aryl methyl sites for hydroxylation is 2. The number of rotatable bonds is 8. The number of nitrogens with one attached hydrogen (secondary N) is 1. The lowest BCUT2D eigenvalue weighted by Gasteiger charge is -2.27. The van der Waals surface area contributed by atoms with Crippen LogP contribution in [0.4, 0.5) is 11.9 Å². The highest BCUT2D eigenvalue weighted by molar-refractivity contribution is 7.88. The van der Waals surface area contributed by atoms with Crippen molar-refractivity contribution in [1.82, 2.24) is 24.9 Å². The van der Waals surface area contributed by atoms with Crippen LogP contribution in [0.15, 0.2) is 192 Å². The Hall–Kier alpha value is -6.26.